The Balaban J connectivity index is 2.51. The number of benzene rings is 1. The van der Waals surface area contributed by atoms with Crippen LogP contribution in [0, 0.1) is 12.3 Å². The van der Waals surface area contributed by atoms with Crippen molar-refractivity contribution in [3.63, 3.8) is 0 Å². The van der Waals surface area contributed by atoms with Crippen molar-refractivity contribution in [1.29, 1.82) is 0 Å². The first kappa shape index (κ1) is 12.1. The fourth-order valence-corrected chi connectivity index (χ4v) is 1.53. The van der Waals surface area contributed by atoms with Crippen LogP contribution in [0.15, 0.2) is 24.3 Å². The van der Waals surface area contributed by atoms with E-state index in [9.17, 15) is 0 Å². The zero-order valence-corrected chi connectivity index (χ0v) is 9.30. The van der Waals surface area contributed by atoms with Crippen LogP contribution in [0.1, 0.15) is 18.4 Å². The van der Waals surface area contributed by atoms with Gasteiger partial charge in [-0.3, -0.25) is 11.3 Å². The Hall–Kier alpha value is -1.01. The molecule has 3 N–H and O–H groups in total. The molecular formula is C12H15ClN2. The fourth-order valence-electron chi connectivity index (χ4n) is 1.41. The number of nitrogens with two attached hydrogens (primary N) is 1. The highest BCUT2D eigenvalue weighted by atomic mass is 35.5. The molecule has 1 rings (SSSR count). The van der Waals surface area contributed by atoms with Crippen LogP contribution >= 0.6 is 11.6 Å². The van der Waals surface area contributed by atoms with Crippen LogP contribution in [-0.4, -0.2) is 6.04 Å². The highest BCUT2D eigenvalue weighted by Gasteiger charge is 2.06. The van der Waals surface area contributed by atoms with Crippen molar-refractivity contribution in [3.05, 3.63) is 34.9 Å². The Labute approximate surface area is 95.8 Å². The monoisotopic (exact) mass is 222 g/mol. The van der Waals surface area contributed by atoms with E-state index in [1.165, 1.54) is 5.56 Å². The van der Waals surface area contributed by atoms with Crippen molar-refractivity contribution < 1.29 is 0 Å². The number of hydrazine groups is 1. The molecule has 0 amide bonds. The van der Waals surface area contributed by atoms with E-state index >= 15 is 0 Å². The van der Waals surface area contributed by atoms with Gasteiger partial charge in [-0.25, -0.2) is 0 Å². The minimum absolute atomic E-state index is 0.224. The lowest BCUT2D eigenvalue weighted by Crippen LogP contribution is -2.36. The van der Waals surface area contributed by atoms with Crippen LogP contribution in [0.2, 0.25) is 5.02 Å². The second-order valence-corrected chi connectivity index (χ2v) is 3.87. The Bertz CT molecular complexity index is 326. The van der Waals surface area contributed by atoms with Crippen molar-refractivity contribution in [3.8, 4) is 12.3 Å². The lowest BCUT2D eigenvalue weighted by atomic mass is 10.0. The summed E-state index contributed by atoms with van der Waals surface area (Å²) >= 11 is 5.80. The molecule has 80 valence electrons. The second kappa shape index (κ2) is 6.47. The standard InChI is InChI=1S/C12H15ClN2/c1-2-3-4-12(15-14)9-10-5-7-11(13)8-6-10/h1,5-8,12,15H,3-4,9,14H2. The Kier molecular flexibility index (Phi) is 5.20. The van der Waals surface area contributed by atoms with Crippen molar-refractivity contribution >= 4 is 11.6 Å². The number of rotatable bonds is 5. The highest BCUT2D eigenvalue weighted by Crippen LogP contribution is 2.12. The maximum absolute atomic E-state index is 5.80. The quantitative estimate of drug-likeness (QED) is 0.455. The minimum atomic E-state index is 0.224. The molecule has 0 heterocycles. The average molecular weight is 223 g/mol. The summed E-state index contributed by atoms with van der Waals surface area (Å²) in [5.74, 6) is 8.06. The molecule has 0 aromatic heterocycles. The molecule has 0 aliphatic carbocycles. The van der Waals surface area contributed by atoms with Gasteiger partial charge in [0.15, 0.2) is 0 Å². The number of hydrogen-bond donors (Lipinski definition) is 2. The first-order chi connectivity index (χ1) is 7.26. The van der Waals surface area contributed by atoms with Gasteiger partial charge in [-0.2, -0.15) is 0 Å². The molecule has 0 radical (unpaired) electrons. The van der Waals surface area contributed by atoms with Crippen LogP contribution < -0.4 is 11.3 Å². The van der Waals surface area contributed by atoms with E-state index in [1.807, 2.05) is 24.3 Å². The number of terminal acetylenes is 1. The second-order valence-electron chi connectivity index (χ2n) is 3.44. The van der Waals surface area contributed by atoms with Gasteiger partial charge in [0.1, 0.15) is 0 Å². The smallest absolute Gasteiger partial charge is 0.0406 e. The summed E-state index contributed by atoms with van der Waals surface area (Å²) in [7, 11) is 0. The summed E-state index contributed by atoms with van der Waals surface area (Å²) in [6.07, 6.45) is 7.70. The Morgan fingerprint density at radius 1 is 1.40 bits per heavy atom. The molecule has 0 fully saturated rings. The van der Waals surface area contributed by atoms with Crippen LogP contribution in [0.25, 0.3) is 0 Å². The summed E-state index contributed by atoms with van der Waals surface area (Å²) in [4.78, 5) is 0. The fraction of sp³-hybridized carbons (Fsp3) is 0.333. The van der Waals surface area contributed by atoms with Gasteiger partial charge in [-0.15, -0.1) is 12.3 Å². The van der Waals surface area contributed by atoms with E-state index < -0.39 is 0 Å². The summed E-state index contributed by atoms with van der Waals surface area (Å²) in [6, 6.07) is 7.99. The maximum atomic E-state index is 5.80. The summed E-state index contributed by atoms with van der Waals surface area (Å²) in [5.41, 5.74) is 3.98. The van der Waals surface area contributed by atoms with Crippen LogP contribution in [0.3, 0.4) is 0 Å². The molecule has 0 saturated heterocycles. The molecule has 0 saturated carbocycles. The van der Waals surface area contributed by atoms with E-state index in [-0.39, 0.29) is 6.04 Å². The predicted molar refractivity (Wildman–Crippen MR) is 64.3 cm³/mol. The Morgan fingerprint density at radius 2 is 2.07 bits per heavy atom. The molecular weight excluding hydrogens is 208 g/mol. The number of halogens is 1. The highest BCUT2D eigenvalue weighted by molar-refractivity contribution is 6.30. The third-order valence-electron chi connectivity index (χ3n) is 2.27. The zero-order chi connectivity index (χ0) is 11.1. The predicted octanol–water partition coefficient (Wildman–Crippen LogP) is 2.13. The Morgan fingerprint density at radius 3 is 2.60 bits per heavy atom. The molecule has 1 aromatic carbocycles. The van der Waals surface area contributed by atoms with Crippen molar-refractivity contribution in [2.24, 2.45) is 5.84 Å². The number of hydrogen-bond acceptors (Lipinski definition) is 2. The maximum Gasteiger partial charge on any atom is 0.0406 e. The molecule has 1 unspecified atom stereocenters. The summed E-state index contributed by atoms with van der Waals surface area (Å²) < 4.78 is 0. The number of nitrogens with one attached hydrogen (secondary N) is 1. The third kappa shape index (κ3) is 4.35. The van der Waals surface area contributed by atoms with Gasteiger partial charge in [-0.05, 0) is 30.5 Å². The van der Waals surface area contributed by atoms with E-state index in [4.69, 9.17) is 23.9 Å². The molecule has 0 bridgehead atoms. The van der Waals surface area contributed by atoms with Gasteiger partial charge < -0.3 is 0 Å². The van der Waals surface area contributed by atoms with Crippen LogP contribution in [0.4, 0.5) is 0 Å². The molecule has 1 atom stereocenters. The average Bonchev–Trinajstić information content (AvgIpc) is 2.27. The lowest BCUT2D eigenvalue weighted by Gasteiger charge is -2.14. The first-order valence-corrected chi connectivity index (χ1v) is 5.28. The molecule has 15 heavy (non-hydrogen) atoms. The normalized spacial score (nSPS) is 12.1. The van der Waals surface area contributed by atoms with Gasteiger partial charge in [0.05, 0.1) is 0 Å². The molecule has 0 aliphatic rings. The first-order valence-electron chi connectivity index (χ1n) is 4.90. The van der Waals surface area contributed by atoms with Crippen LogP contribution in [-0.2, 0) is 6.42 Å². The summed E-state index contributed by atoms with van der Waals surface area (Å²) in [5, 5.41) is 0.750. The zero-order valence-electron chi connectivity index (χ0n) is 8.54. The van der Waals surface area contributed by atoms with E-state index in [1.54, 1.807) is 0 Å². The van der Waals surface area contributed by atoms with E-state index in [0.717, 1.165) is 24.3 Å². The third-order valence-corrected chi connectivity index (χ3v) is 2.52. The molecule has 0 aliphatic heterocycles. The van der Waals surface area contributed by atoms with Gasteiger partial charge in [0.25, 0.3) is 0 Å². The molecule has 0 spiro atoms. The summed E-state index contributed by atoms with van der Waals surface area (Å²) in [6.45, 7) is 0. The van der Waals surface area contributed by atoms with Crippen molar-refractivity contribution in [2.75, 3.05) is 0 Å². The van der Waals surface area contributed by atoms with Gasteiger partial charge in [0.2, 0.25) is 0 Å². The largest absolute Gasteiger partial charge is 0.271 e. The van der Waals surface area contributed by atoms with Crippen LogP contribution in [0.5, 0.6) is 0 Å². The molecule has 2 nitrogen and oxygen atoms in total. The topological polar surface area (TPSA) is 38.0 Å². The SMILES string of the molecule is C#CCCC(Cc1ccc(Cl)cc1)NN. The van der Waals surface area contributed by atoms with E-state index in [2.05, 4.69) is 11.3 Å². The molecule has 1 aromatic rings. The van der Waals surface area contributed by atoms with Crippen molar-refractivity contribution in [2.45, 2.75) is 25.3 Å². The minimum Gasteiger partial charge on any atom is -0.271 e. The van der Waals surface area contributed by atoms with Gasteiger partial charge in [0, 0.05) is 17.5 Å². The van der Waals surface area contributed by atoms with Gasteiger partial charge in [-0.1, -0.05) is 23.7 Å². The van der Waals surface area contributed by atoms with Crippen molar-refractivity contribution in [1.82, 2.24) is 5.43 Å². The lowest BCUT2D eigenvalue weighted by molar-refractivity contribution is 0.498. The molecule has 3 heteroatoms. The van der Waals surface area contributed by atoms with Gasteiger partial charge >= 0.3 is 0 Å². The van der Waals surface area contributed by atoms with E-state index in [0.29, 0.717) is 0 Å².